The summed E-state index contributed by atoms with van der Waals surface area (Å²) in [6.45, 7) is 1.97. The van der Waals surface area contributed by atoms with Crippen molar-refractivity contribution in [3.63, 3.8) is 0 Å². The molecule has 0 atom stereocenters. The Balaban J connectivity index is 2.14. The molecule has 0 unspecified atom stereocenters. The number of nitrogen functional groups attached to an aromatic ring is 1. The summed E-state index contributed by atoms with van der Waals surface area (Å²) in [5.74, 6) is 1.05. The highest BCUT2D eigenvalue weighted by Gasteiger charge is 2.19. The van der Waals surface area contributed by atoms with Crippen LogP contribution in [0.1, 0.15) is 5.56 Å². The minimum absolute atomic E-state index is 0.233. The van der Waals surface area contributed by atoms with Crippen molar-refractivity contribution in [3.8, 4) is 28.3 Å². The predicted octanol–water partition coefficient (Wildman–Crippen LogP) is 2.70. The number of anilines is 1. The van der Waals surface area contributed by atoms with E-state index in [9.17, 15) is 0 Å². The Hall–Kier alpha value is -2.89. The highest BCUT2D eigenvalue weighted by atomic mass is 16.5. The maximum Gasteiger partial charge on any atom is 0.232 e. The number of nitrogens with zero attached hydrogens (tertiary/aromatic N) is 3. The molecule has 6 nitrogen and oxygen atoms in total. The number of ether oxygens (including phenoxy) is 1. The molecule has 0 aliphatic heterocycles. The van der Waals surface area contributed by atoms with E-state index in [2.05, 4.69) is 15.1 Å². The van der Waals surface area contributed by atoms with Gasteiger partial charge in [-0.25, -0.2) is 9.97 Å². The monoisotopic (exact) mass is 282 g/mol. The van der Waals surface area contributed by atoms with E-state index < -0.39 is 0 Å². The summed E-state index contributed by atoms with van der Waals surface area (Å²) in [5.41, 5.74) is 9.78. The van der Waals surface area contributed by atoms with Gasteiger partial charge in [0.1, 0.15) is 17.8 Å². The lowest BCUT2D eigenvalue weighted by Crippen LogP contribution is -1.92. The minimum Gasteiger partial charge on any atom is -0.496 e. The molecule has 0 aliphatic rings. The molecule has 0 radical (unpaired) electrons. The number of hydrogen-bond acceptors (Lipinski definition) is 6. The molecule has 2 N–H and O–H groups in total. The van der Waals surface area contributed by atoms with Gasteiger partial charge in [0.05, 0.1) is 18.4 Å². The van der Waals surface area contributed by atoms with Gasteiger partial charge in [0.25, 0.3) is 0 Å². The average molecular weight is 282 g/mol. The lowest BCUT2D eigenvalue weighted by Gasteiger charge is -2.07. The molecule has 106 valence electrons. The third-order valence-corrected chi connectivity index (χ3v) is 3.22. The van der Waals surface area contributed by atoms with Crippen molar-refractivity contribution >= 4 is 5.88 Å². The van der Waals surface area contributed by atoms with Gasteiger partial charge in [-0.3, -0.25) is 0 Å². The number of aromatic nitrogens is 3. The van der Waals surface area contributed by atoms with E-state index >= 15 is 0 Å². The third-order valence-electron chi connectivity index (χ3n) is 3.22. The van der Waals surface area contributed by atoms with Crippen molar-refractivity contribution in [2.24, 2.45) is 0 Å². The van der Waals surface area contributed by atoms with E-state index in [1.807, 2.05) is 25.1 Å². The topological polar surface area (TPSA) is 87.1 Å². The molecule has 6 heteroatoms. The van der Waals surface area contributed by atoms with Crippen molar-refractivity contribution in [1.29, 1.82) is 0 Å². The molecule has 0 saturated heterocycles. The first-order valence-corrected chi connectivity index (χ1v) is 6.37. The molecule has 2 heterocycles. The fraction of sp³-hybridized carbons (Fsp3) is 0.133. The quantitative estimate of drug-likeness (QED) is 0.794. The second kappa shape index (κ2) is 5.24. The molecule has 21 heavy (non-hydrogen) atoms. The van der Waals surface area contributed by atoms with Gasteiger partial charge < -0.3 is 15.0 Å². The molecular weight excluding hydrogens is 268 g/mol. The zero-order chi connectivity index (χ0) is 14.8. The highest BCUT2D eigenvalue weighted by molar-refractivity contribution is 5.85. The number of methoxy groups -OCH3 is 1. The molecular formula is C15H14N4O2. The van der Waals surface area contributed by atoms with E-state index in [1.165, 1.54) is 6.33 Å². The van der Waals surface area contributed by atoms with Crippen LogP contribution in [0.2, 0.25) is 0 Å². The lowest BCUT2D eigenvalue weighted by atomic mass is 10.0. The summed E-state index contributed by atoms with van der Waals surface area (Å²) in [4.78, 5) is 8.11. The van der Waals surface area contributed by atoms with Crippen LogP contribution in [-0.2, 0) is 0 Å². The van der Waals surface area contributed by atoms with Crippen LogP contribution in [0, 0.1) is 6.92 Å². The SMILES string of the molecule is COc1ccc(-c2noc(N)c2-c2ccncn2)cc1C. The molecule has 0 aliphatic carbocycles. The summed E-state index contributed by atoms with van der Waals surface area (Å²) in [5, 5.41) is 4.06. The first-order valence-electron chi connectivity index (χ1n) is 6.37. The standard InChI is InChI=1S/C15H14N4O2/c1-9-7-10(3-4-12(9)20-2)14-13(15(16)21-19-14)11-5-6-17-8-18-11/h3-8H,16H2,1-2H3. The fourth-order valence-electron chi connectivity index (χ4n) is 2.21. The number of nitrogens with two attached hydrogens (primary N) is 1. The van der Waals surface area contributed by atoms with Gasteiger partial charge in [-0.1, -0.05) is 5.16 Å². The van der Waals surface area contributed by atoms with E-state index in [4.69, 9.17) is 15.0 Å². The molecule has 3 aromatic rings. The molecule has 0 bridgehead atoms. The number of rotatable bonds is 3. The Kier molecular flexibility index (Phi) is 3.27. The van der Waals surface area contributed by atoms with E-state index in [0.29, 0.717) is 17.0 Å². The molecule has 2 aromatic heterocycles. The van der Waals surface area contributed by atoms with Gasteiger partial charge >= 0.3 is 0 Å². The zero-order valence-corrected chi connectivity index (χ0v) is 11.7. The highest BCUT2D eigenvalue weighted by Crippen LogP contribution is 2.36. The fourth-order valence-corrected chi connectivity index (χ4v) is 2.21. The zero-order valence-electron chi connectivity index (χ0n) is 11.7. The molecule has 0 saturated carbocycles. The predicted molar refractivity (Wildman–Crippen MR) is 78.7 cm³/mol. The van der Waals surface area contributed by atoms with Crippen LogP contribution in [0.25, 0.3) is 22.5 Å². The van der Waals surface area contributed by atoms with Crippen LogP contribution in [0.3, 0.4) is 0 Å². The summed E-state index contributed by atoms with van der Waals surface area (Å²) in [6, 6.07) is 7.54. The molecule has 1 aromatic carbocycles. The largest absolute Gasteiger partial charge is 0.496 e. The molecule has 0 fully saturated rings. The van der Waals surface area contributed by atoms with Crippen LogP contribution < -0.4 is 10.5 Å². The first-order chi connectivity index (χ1) is 10.2. The van der Waals surface area contributed by atoms with Gasteiger partial charge in [-0.15, -0.1) is 0 Å². The normalized spacial score (nSPS) is 10.6. The van der Waals surface area contributed by atoms with Crippen LogP contribution in [0.5, 0.6) is 5.75 Å². The second-order valence-corrected chi connectivity index (χ2v) is 4.55. The molecule has 0 spiro atoms. The number of hydrogen-bond donors (Lipinski definition) is 1. The average Bonchev–Trinajstić information content (AvgIpc) is 2.90. The number of benzene rings is 1. The van der Waals surface area contributed by atoms with Crippen molar-refractivity contribution in [1.82, 2.24) is 15.1 Å². The summed E-state index contributed by atoms with van der Waals surface area (Å²) < 4.78 is 10.4. The van der Waals surface area contributed by atoms with Crippen molar-refractivity contribution < 1.29 is 9.26 Å². The molecule has 3 rings (SSSR count). The summed E-state index contributed by atoms with van der Waals surface area (Å²) >= 11 is 0. The smallest absolute Gasteiger partial charge is 0.232 e. The Bertz CT molecular complexity index is 769. The van der Waals surface area contributed by atoms with E-state index in [0.717, 1.165) is 16.9 Å². The maximum absolute atomic E-state index is 5.89. The van der Waals surface area contributed by atoms with E-state index in [-0.39, 0.29) is 5.88 Å². The summed E-state index contributed by atoms with van der Waals surface area (Å²) in [6.07, 6.45) is 3.11. The Morgan fingerprint density at radius 3 is 2.76 bits per heavy atom. The van der Waals surface area contributed by atoms with Crippen molar-refractivity contribution in [2.45, 2.75) is 6.92 Å². The summed E-state index contributed by atoms with van der Waals surface area (Å²) in [7, 11) is 1.64. The Morgan fingerprint density at radius 1 is 1.24 bits per heavy atom. The van der Waals surface area contributed by atoms with Crippen LogP contribution >= 0.6 is 0 Å². The number of aryl methyl sites for hydroxylation is 1. The third kappa shape index (κ3) is 2.31. The Labute approximate surface area is 121 Å². The minimum atomic E-state index is 0.233. The lowest BCUT2D eigenvalue weighted by molar-refractivity contribution is 0.411. The van der Waals surface area contributed by atoms with Crippen LogP contribution in [0.4, 0.5) is 5.88 Å². The first kappa shape index (κ1) is 13.1. The maximum atomic E-state index is 5.89. The van der Waals surface area contributed by atoms with Crippen LogP contribution in [-0.4, -0.2) is 22.2 Å². The van der Waals surface area contributed by atoms with Crippen LogP contribution in [0.15, 0.2) is 41.3 Å². The van der Waals surface area contributed by atoms with Gasteiger partial charge in [-0.2, -0.15) is 0 Å². The van der Waals surface area contributed by atoms with Crippen molar-refractivity contribution in [2.75, 3.05) is 12.8 Å². The van der Waals surface area contributed by atoms with Crippen molar-refractivity contribution in [3.05, 3.63) is 42.4 Å². The van der Waals surface area contributed by atoms with Gasteiger partial charge in [-0.05, 0) is 36.8 Å². The second-order valence-electron chi connectivity index (χ2n) is 4.55. The van der Waals surface area contributed by atoms with E-state index in [1.54, 1.807) is 19.4 Å². The van der Waals surface area contributed by atoms with Gasteiger partial charge in [0.15, 0.2) is 0 Å². The van der Waals surface area contributed by atoms with Gasteiger partial charge in [0, 0.05) is 11.8 Å². The van der Waals surface area contributed by atoms with Gasteiger partial charge in [0.2, 0.25) is 5.88 Å². The Morgan fingerprint density at radius 2 is 2.10 bits per heavy atom. The molecule has 0 amide bonds.